The lowest BCUT2D eigenvalue weighted by molar-refractivity contribution is -0.128. The Labute approximate surface area is 249 Å². The molecule has 8 nitrogen and oxygen atoms in total. The third-order valence-corrected chi connectivity index (χ3v) is 8.35. The zero-order chi connectivity index (χ0) is 30.5. The molecule has 218 valence electrons. The molecule has 0 N–H and O–H groups in total. The molecule has 0 saturated carbocycles. The van der Waals surface area contributed by atoms with Gasteiger partial charge in [-0.2, -0.15) is 4.98 Å². The van der Waals surface area contributed by atoms with Crippen LogP contribution in [0.3, 0.4) is 0 Å². The summed E-state index contributed by atoms with van der Waals surface area (Å²) in [7, 11) is 0. The van der Waals surface area contributed by atoms with Gasteiger partial charge in [0.05, 0.1) is 21.8 Å². The van der Waals surface area contributed by atoms with Crippen molar-refractivity contribution in [1.29, 1.82) is 0 Å². The first-order valence-corrected chi connectivity index (χ1v) is 14.4. The smallest absolute Gasteiger partial charge is 0.349 e. The van der Waals surface area contributed by atoms with Crippen LogP contribution in [-0.2, 0) is 4.79 Å². The lowest BCUT2D eigenvalue weighted by Gasteiger charge is -2.44. The molecule has 3 aromatic heterocycles. The Kier molecular flexibility index (Phi) is 7.90. The van der Waals surface area contributed by atoms with Gasteiger partial charge in [-0.25, -0.2) is 18.7 Å². The molecule has 10 heteroatoms. The molecule has 2 unspecified atom stereocenters. The molecule has 0 bridgehead atoms. The summed E-state index contributed by atoms with van der Waals surface area (Å²) < 4.78 is 16.5. The number of anilines is 1. The molecule has 4 aromatic rings. The van der Waals surface area contributed by atoms with Crippen molar-refractivity contribution in [1.82, 2.24) is 24.4 Å². The third kappa shape index (κ3) is 4.96. The Balaban J connectivity index is 1.85. The minimum atomic E-state index is -0.521. The number of pyridine rings is 2. The van der Waals surface area contributed by atoms with E-state index in [1.807, 2.05) is 46.4 Å². The molecule has 0 radical (unpaired) electrons. The number of halogens is 2. The largest absolute Gasteiger partial charge is 0.355 e. The number of nitrogens with zero attached hydrogens (tertiary/aromatic N) is 6. The van der Waals surface area contributed by atoms with Crippen LogP contribution in [-0.4, -0.2) is 55.5 Å². The number of rotatable bonds is 5. The number of aryl methyl sites for hydroxylation is 1. The standard InChI is InChI=1S/C32H34ClFN6O2/c1-8-27(41)38-15-19(5)39(16-18(38)4)30-23-13-25(33)28(22-11-9-10-12-26(22)34)36-31(23)40(32(42)37-30)29-20(6)21(7)35-14-24(29)17(2)3/h8-14,17-19H,1,15-16H2,2-7H3. The van der Waals surface area contributed by atoms with Crippen molar-refractivity contribution in [2.75, 3.05) is 18.0 Å². The number of amides is 1. The molecule has 0 spiro atoms. The quantitative estimate of drug-likeness (QED) is 0.266. The van der Waals surface area contributed by atoms with E-state index >= 15 is 4.39 Å². The number of fused-ring (bicyclic) bond motifs is 1. The summed E-state index contributed by atoms with van der Waals surface area (Å²) in [5.74, 6) is -0.159. The lowest BCUT2D eigenvalue weighted by Crippen LogP contribution is -2.58. The molecule has 4 heterocycles. The molecular formula is C32H34ClFN6O2. The SMILES string of the molecule is C=CC(=O)N1CC(C)N(c2nc(=O)n(-c3c(C(C)C)cnc(C)c3C)c3nc(-c4ccccc4F)c(Cl)cc23)CC1C. The van der Waals surface area contributed by atoms with Gasteiger partial charge in [0.15, 0.2) is 5.65 Å². The van der Waals surface area contributed by atoms with Crippen molar-refractivity contribution in [2.45, 2.75) is 59.5 Å². The van der Waals surface area contributed by atoms with Crippen LogP contribution in [0, 0.1) is 19.7 Å². The van der Waals surface area contributed by atoms with Crippen LogP contribution < -0.4 is 10.6 Å². The molecule has 1 saturated heterocycles. The fourth-order valence-corrected chi connectivity index (χ4v) is 5.90. The van der Waals surface area contributed by atoms with E-state index in [9.17, 15) is 9.59 Å². The van der Waals surface area contributed by atoms with Crippen LogP contribution >= 0.6 is 11.6 Å². The van der Waals surface area contributed by atoms with Crippen molar-refractivity contribution >= 4 is 34.4 Å². The third-order valence-electron chi connectivity index (χ3n) is 8.06. The van der Waals surface area contributed by atoms with Crippen molar-refractivity contribution in [2.24, 2.45) is 0 Å². The lowest BCUT2D eigenvalue weighted by atomic mass is 9.99. The maximum Gasteiger partial charge on any atom is 0.355 e. The molecule has 0 aliphatic carbocycles. The minimum Gasteiger partial charge on any atom is -0.349 e. The van der Waals surface area contributed by atoms with Gasteiger partial charge in [0.25, 0.3) is 0 Å². The van der Waals surface area contributed by atoms with Crippen LogP contribution in [0.5, 0.6) is 0 Å². The summed E-state index contributed by atoms with van der Waals surface area (Å²) in [6, 6.07) is 7.65. The van der Waals surface area contributed by atoms with E-state index < -0.39 is 11.5 Å². The van der Waals surface area contributed by atoms with Gasteiger partial charge < -0.3 is 9.80 Å². The van der Waals surface area contributed by atoms with Gasteiger partial charge in [-0.05, 0) is 69.0 Å². The zero-order valence-corrected chi connectivity index (χ0v) is 25.4. The normalized spacial score (nSPS) is 17.3. The van der Waals surface area contributed by atoms with Gasteiger partial charge in [0.2, 0.25) is 5.91 Å². The Bertz CT molecular complexity index is 1790. The van der Waals surface area contributed by atoms with E-state index in [1.165, 1.54) is 16.7 Å². The fraction of sp³-hybridized carbons (Fsp3) is 0.344. The maximum absolute atomic E-state index is 15.0. The summed E-state index contributed by atoms with van der Waals surface area (Å²) >= 11 is 6.81. The predicted octanol–water partition coefficient (Wildman–Crippen LogP) is 5.99. The number of benzene rings is 1. The van der Waals surface area contributed by atoms with E-state index in [1.54, 1.807) is 35.4 Å². The number of hydrogen-bond acceptors (Lipinski definition) is 6. The van der Waals surface area contributed by atoms with Crippen LogP contribution in [0.1, 0.15) is 50.4 Å². The highest BCUT2D eigenvalue weighted by molar-refractivity contribution is 6.33. The number of carbonyl (C=O) groups is 1. The topological polar surface area (TPSA) is 84.2 Å². The van der Waals surface area contributed by atoms with E-state index in [4.69, 9.17) is 16.6 Å². The first kappa shape index (κ1) is 29.4. The van der Waals surface area contributed by atoms with Crippen molar-refractivity contribution in [3.8, 4) is 16.9 Å². The summed E-state index contributed by atoms with van der Waals surface area (Å²) in [4.78, 5) is 44.5. The van der Waals surface area contributed by atoms with Crippen LogP contribution in [0.25, 0.3) is 28.0 Å². The van der Waals surface area contributed by atoms with E-state index in [0.29, 0.717) is 35.6 Å². The zero-order valence-electron chi connectivity index (χ0n) is 24.7. The monoisotopic (exact) mass is 588 g/mol. The summed E-state index contributed by atoms with van der Waals surface area (Å²) in [5, 5.41) is 0.777. The molecule has 1 aliphatic heterocycles. The van der Waals surface area contributed by atoms with Crippen molar-refractivity contribution < 1.29 is 9.18 Å². The second kappa shape index (κ2) is 11.3. The number of hydrogen-bond donors (Lipinski definition) is 0. The van der Waals surface area contributed by atoms with Gasteiger partial charge >= 0.3 is 5.69 Å². The molecule has 2 atom stereocenters. The minimum absolute atomic E-state index is 0.0445. The Morgan fingerprint density at radius 3 is 2.52 bits per heavy atom. The van der Waals surface area contributed by atoms with Gasteiger partial charge in [-0.1, -0.05) is 44.2 Å². The van der Waals surface area contributed by atoms with Crippen molar-refractivity contribution in [3.05, 3.63) is 87.3 Å². The summed E-state index contributed by atoms with van der Waals surface area (Å²) in [5.41, 5.74) is 3.35. The number of piperazine rings is 1. The first-order valence-electron chi connectivity index (χ1n) is 14.0. The second-order valence-electron chi connectivity index (χ2n) is 11.2. The average Bonchev–Trinajstić information content (AvgIpc) is 2.95. The highest BCUT2D eigenvalue weighted by atomic mass is 35.5. The molecular weight excluding hydrogens is 555 g/mol. The molecule has 1 amide bonds. The second-order valence-corrected chi connectivity index (χ2v) is 11.6. The van der Waals surface area contributed by atoms with Crippen LogP contribution in [0.4, 0.5) is 10.2 Å². The van der Waals surface area contributed by atoms with E-state index in [-0.39, 0.29) is 40.2 Å². The van der Waals surface area contributed by atoms with Crippen LogP contribution in [0.2, 0.25) is 5.02 Å². The molecule has 1 fully saturated rings. The Morgan fingerprint density at radius 1 is 1.14 bits per heavy atom. The molecule has 42 heavy (non-hydrogen) atoms. The molecule has 1 aromatic carbocycles. The molecule has 5 rings (SSSR count). The van der Waals surface area contributed by atoms with Gasteiger partial charge in [0, 0.05) is 42.6 Å². The highest BCUT2D eigenvalue weighted by Crippen LogP contribution is 2.37. The summed E-state index contributed by atoms with van der Waals surface area (Å²) in [6.07, 6.45) is 3.09. The maximum atomic E-state index is 15.0. The predicted molar refractivity (Wildman–Crippen MR) is 165 cm³/mol. The van der Waals surface area contributed by atoms with E-state index in [0.717, 1.165) is 16.8 Å². The summed E-state index contributed by atoms with van der Waals surface area (Å²) in [6.45, 7) is 16.3. The first-order chi connectivity index (χ1) is 19.9. The average molecular weight is 589 g/mol. The number of aromatic nitrogens is 4. The number of carbonyl (C=O) groups excluding carboxylic acids is 1. The Hall–Kier alpha value is -4.11. The van der Waals surface area contributed by atoms with Gasteiger partial charge in [-0.3, -0.25) is 9.78 Å². The molecule has 1 aliphatic rings. The van der Waals surface area contributed by atoms with E-state index in [2.05, 4.69) is 16.5 Å². The highest BCUT2D eigenvalue weighted by Gasteiger charge is 2.34. The van der Waals surface area contributed by atoms with Crippen LogP contribution in [0.15, 0.2) is 54.0 Å². The van der Waals surface area contributed by atoms with Gasteiger partial charge in [-0.15, -0.1) is 0 Å². The van der Waals surface area contributed by atoms with Gasteiger partial charge in [0.1, 0.15) is 11.6 Å². The Morgan fingerprint density at radius 2 is 1.86 bits per heavy atom. The fourth-order valence-electron chi connectivity index (χ4n) is 5.65. The van der Waals surface area contributed by atoms with Crippen molar-refractivity contribution in [3.63, 3.8) is 0 Å².